The Hall–Kier alpha value is -5.76. The van der Waals surface area contributed by atoms with Gasteiger partial charge in [0, 0.05) is 26.7 Å². The van der Waals surface area contributed by atoms with E-state index in [0.717, 1.165) is 70.4 Å². The largest absolute Gasteiger partial charge is 0.309 e. The van der Waals surface area contributed by atoms with Crippen LogP contribution in [0, 0.1) is 0 Å². The van der Waals surface area contributed by atoms with Crippen molar-refractivity contribution in [2.45, 2.75) is 0 Å². The number of nitrogens with zero attached hydrogens (tertiary/aromatic N) is 2. The number of hydrogen-bond donors (Lipinski definition) is 0. The zero-order valence-corrected chi connectivity index (χ0v) is 26.2. The lowest BCUT2D eigenvalue weighted by Crippen LogP contribution is -2.26. The van der Waals surface area contributed by atoms with Crippen LogP contribution in [-0.4, -0.2) is 9.38 Å². The molecule has 3 nitrogen and oxygen atoms in total. The Balaban J connectivity index is 1.33. The topological polar surface area (TPSA) is 34.4 Å². The third kappa shape index (κ3) is 3.75. The Bertz CT molecular complexity index is 2960. The molecule has 0 aliphatic carbocycles. The molecule has 220 valence electrons. The maximum Gasteiger partial charge on any atom is 0.173 e. The lowest BCUT2D eigenvalue weighted by Gasteiger charge is -2.21. The van der Waals surface area contributed by atoms with Crippen molar-refractivity contribution in [3.8, 4) is 0 Å². The monoisotopic (exact) mass is 618 g/mol. The number of benzene rings is 8. The van der Waals surface area contributed by atoms with Crippen molar-refractivity contribution >= 4 is 93.7 Å². The van der Waals surface area contributed by atoms with Crippen LogP contribution < -0.4 is 15.9 Å². The Kier molecular flexibility index (Phi) is 5.55. The van der Waals surface area contributed by atoms with Crippen molar-refractivity contribution in [1.82, 2.24) is 9.38 Å². The maximum atomic E-state index is 16.3. The predicted octanol–water partition coefficient (Wildman–Crippen LogP) is 9.89. The molecule has 0 spiro atoms. The van der Waals surface area contributed by atoms with Crippen molar-refractivity contribution in [1.29, 1.82) is 0 Å². The molecule has 0 N–H and O–H groups in total. The average molecular weight is 619 g/mol. The summed E-state index contributed by atoms with van der Waals surface area (Å²) < 4.78 is 18.6. The first-order valence-electron chi connectivity index (χ1n) is 15.9. The first-order valence-corrected chi connectivity index (χ1v) is 17.6. The number of fused-ring (bicyclic) bond motifs is 12. The fourth-order valence-electron chi connectivity index (χ4n) is 7.57. The summed E-state index contributed by atoms with van der Waals surface area (Å²) in [6, 6.07) is 56.7. The molecule has 2 aromatic heterocycles. The van der Waals surface area contributed by atoms with E-state index >= 15 is 4.57 Å². The molecule has 10 aromatic rings. The summed E-state index contributed by atoms with van der Waals surface area (Å²) in [5, 5.41) is 12.6. The van der Waals surface area contributed by atoms with Crippen molar-refractivity contribution in [3.05, 3.63) is 164 Å². The normalized spacial score (nSPS) is 13.4. The third-order valence-electron chi connectivity index (χ3n) is 9.80. The van der Waals surface area contributed by atoms with E-state index in [9.17, 15) is 0 Å². The van der Waals surface area contributed by atoms with E-state index in [4.69, 9.17) is 4.98 Å². The average Bonchev–Trinajstić information content (AvgIpc) is 3.54. The molecular formula is C43H27N2OP. The van der Waals surface area contributed by atoms with Crippen LogP contribution in [0.15, 0.2) is 164 Å². The molecular weight excluding hydrogens is 591 g/mol. The van der Waals surface area contributed by atoms with Gasteiger partial charge >= 0.3 is 0 Å². The number of para-hydroxylation sites is 2. The van der Waals surface area contributed by atoms with Crippen molar-refractivity contribution in [3.63, 3.8) is 0 Å². The lowest BCUT2D eigenvalue weighted by atomic mass is 10.0. The van der Waals surface area contributed by atoms with Gasteiger partial charge in [-0.2, -0.15) is 0 Å². The standard InChI is InChI=1S/C43H27N2OP/c46-47(32-23-22-28-10-1-2-12-30(28)26-32,33-24-25-35-31(27-33)21-20-29-11-3-4-13-34(29)35)41-19-9-18-40-42(41)44-43-38-16-6-5-14-36(38)37-15-7-8-17-39(37)45(40)43/h1-27H. The highest BCUT2D eigenvalue weighted by Crippen LogP contribution is 2.46. The molecule has 0 aliphatic heterocycles. The van der Waals surface area contributed by atoms with Gasteiger partial charge in [-0.15, -0.1) is 0 Å². The van der Waals surface area contributed by atoms with Gasteiger partial charge in [0.2, 0.25) is 0 Å². The second-order valence-electron chi connectivity index (χ2n) is 12.3. The smallest absolute Gasteiger partial charge is 0.173 e. The van der Waals surface area contributed by atoms with Crippen LogP contribution in [0.2, 0.25) is 0 Å². The van der Waals surface area contributed by atoms with Crippen molar-refractivity contribution < 1.29 is 4.57 Å². The van der Waals surface area contributed by atoms with Crippen molar-refractivity contribution in [2.24, 2.45) is 0 Å². The van der Waals surface area contributed by atoms with Crippen LogP contribution >= 0.6 is 7.14 Å². The van der Waals surface area contributed by atoms with E-state index in [2.05, 4.69) is 138 Å². The van der Waals surface area contributed by atoms with Gasteiger partial charge in [-0.25, -0.2) is 4.98 Å². The lowest BCUT2D eigenvalue weighted by molar-refractivity contribution is 0.592. The first-order chi connectivity index (χ1) is 23.2. The fourth-order valence-corrected chi connectivity index (χ4v) is 10.4. The number of rotatable bonds is 3. The number of pyridine rings is 1. The van der Waals surface area contributed by atoms with Gasteiger partial charge in [-0.3, -0.25) is 4.40 Å². The van der Waals surface area contributed by atoms with Gasteiger partial charge in [0.15, 0.2) is 7.14 Å². The predicted molar refractivity (Wildman–Crippen MR) is 200 cm³/mol. The molecule has 10 rings (SSSR count). The van der Waals surface area contributed by atoms with Crippen LogP contribution in [0.5, 0.6) is 0 Å². The zero-order valence-electron chi connectivity index (χ0n) is 25.3. The molecule has 0 bridgehead atoms. The van der Waals surface area contributed by atoms with Crippen LogP contribution in [0.3, 0.4) is 0 Å². The summed E-state index contributed by atoms with van der Waals surface area (Å²) in [5.41, 5.74) is 3.67. The summed E-state index contributed by atoms with van der Waals surface area (Å²) in [6.07, 6.45) is 0. The van der Waals surface area contributed by atoms with E-state index < -0.39 is 7.14 Å². The SMILES string of the molecule is O=P(c1ccc2ccccc2c1)(c1ccc2c(ccc3ccccc32)c1)c1cccc2c1nc1c3ccccc3c3ccccc3n21. The molecule has 8 aromatic carbocycles. The van der Waals surface area contributed by atoms with Gasteiger partial charge in [-0.05, 0) is 68.0 Å². The minimum absolute atomic E-state index is 0.752. The van der Waals surface area contributed by atoms with E-state index in [1.807, 2.05) is 30.3 Å². The van der Waals surface area contributed by atoms with Gasteiger partial charge in [0.05, 0.1) is 11.0 Å². The molecule has 0 saturated carbocycles. The first kappa shape index (κ1) is 26.5. The molecule has 4 heteroatoms. The van der Waals surface area contributed by atoms with Crippen LogP contribution in [-0.2, 0) is 4.57 Å². The van der Waals surface area contributed by atoms with E-state index in [0.29, 0.717) is 0 Å². The quantitative estimate of drug-likeness (QED) is 0.146. The Labute approximate surface area is 270 Å². The second kappa shape index (κ2) is 9.87. The molecule has 0 aliphatic rings. The molecule has 1 atom stereocenters. The molecule has 2 heterocycles. The highest BCUT2D eigenvalue weighted by molar-refractivity contribution is 7.85. The summed E-state index contributed by atoms with van der Waals surface area (Å²) >= 11 is 0. The molecule has 0 amide bonds. The van der Waals surface area contributed by atoms with E-state index in [1.165, 1.54) is 16.2 Å². The van der Waals surface area contributed by atoms with Crippen LogP contribution in [0.25, 0.3) is 70.7 Å². The third-order valence-corrected chi connectivity index (χ3v) is 12.8. The zero-order chi connectivity index (χ0) is 31.1. The summed E-state index contributed by atoms with van der Waals surface area (Å²) in [4.78, 5) is 5.37. The Morgan fingerprint density at radius 3 is 1.85 bits per heavy atom. The van der Waals surface area contributed by atoms with E-state index in [-0.39, 0.29) is 0 Å². The van der Waals surface area contributed by atoms with Gasteiger partial charge in [0.25, 0.3) is 0 Å². The fraction of sp³-hybridized carbons (Fsp3) is 0. The molecule has 47 heavy (non-hydrogen) atoms. The van der Waals surface area contributed by atoms with Gasteiger partial charge in [-0.1, -0.05) is 133 Å². The summed E-state index contributed by atoms with van der Waals surface area (Å²) in [7, 11) is -3.44. The van der Waals surface area contributed by atoms with E-state index in [1.54, 1.807) is 0 Å². The Morgan fingerprint density at radius 1 is 0.426 bits per heavy atom. The number of aromatic nitrogens is 2. The Morgan fingerprint density at radius 2 is 1.00 bits per heavy atom. The highest BCUT2D eigenvalue weighted by atomic mass is 31.2. The number of hydrogen-bond acceptors (Lipinski definition) is 2. The van der Waals surface area contributed by atoms with Crippen LogP contribution in [0.4, 0.5) is 0 Å². The van der Waals surface area contributed by atoms with Gasteiger partial charge < -0.3 is 4.57 Å². The highest BCUT2D eigenvalue weighted by Gasteiger charge is 2.33. The second-order valence-corrected chi connectivity index (χ2v) is 15.0. The molecule has 0 saturated heterocycles. The minimum Gasteiger partial charge on any atom is -0.309 e. The van der Waals surface area contributed by atoms with Crippen LogP contribution in [0.1, 0.15) is 0 Å². The molecule has 0 radical (unpaired) electrons. The summed E-state index contributed by atoms with van der Waals surface area (Å²) in [5.74, 6) is 0. The number of imidazole rings is 1. The van der Waals surface area contributed by atoms with Gasteiger partial charge in [0.1, 0.15) is 11.2 Å². The molecule has 1 unspecified atom stereocenters. The molecule has 0 fully saturated rings. The maximum absolute atomic E-state index is 16.3. The minimum atomic E-state index is -3.44. The van der Waals surface area contributed by atoms with Crippen molar-refractivity contribution in [2.75, 3.05) is 0 Å². The summed E-state index contributed by atoms with van der Waals surface area (Å²) in [6.45, 7) is 0.